The van der Waals surface area contributed by atoms with Crippen LogP contribution >= 0.6 is 0 Å². The van der Waals surface area contributed by atoms with Gasteiger partial charge in [0.25, 0.3) is 0 Å². The van der Waals surface area contributed by atoms with E-state index in [2.05, 4.69) is 20.2 Å². The second-order valence-electron chi connectivity index (χ2n) is 4.54. The van der Waals surface area contributed by atoms with E-state index < -0.39 is 0 Å². The van der Waals surface area contributed by atoms with E-state index in [1.807, 2.05) is 18.5 Å². The van der Waals surface area contributed by atoms with Gasteiger partial charge in [-0.3, -0.25) is 4.90 Å². The van der Waals surface area contributed by atoms with Crippen LogP contribution in [-0.2, 0) is 6.54 Å². The molecular weight excluding hydrogens is 188 g/mol. The van der Waals surface area contributed by atoms with E-state index in [-0.39, 0.29) is 0 Å². The third-order valence-electron chi connectivity index (χ3n) is 3.45. The Hall–Kier alpha value is -1.00. The number of likely N-dealkylation sites (tertiary alicyclic amines) is 1. The summed E-state index contributed by atoms with van der Waals surface area (Å²) >= 11 is 0. The van der Waals surface area contributed by atoms with Crippen LogP contribution in [0.3, 0.4) is 0 Å². The van der Waals surface area contributed by atoms with Crippen LogP contribution < -0.4 is 5.32 Å². The molecule has 1 aromatic rings. The van der Waals surface area contributed by atoms with Crippen LogP contribution in [0.15, 0.2) is 18.5 Å². The average Bonchev–Trinajstić information content (AvgIpc) is 2.79. The molecule has 0 spiro atoms. The predicted octanol–water partition coefficient (Wildman–Crippen LogP) is 0.128. The van der Waals surface area contributed by atoms with Crippen molar-refractivity contribution in [3.8, 4) is 0 Å². The first kappa shape index (κ1) is 9.24. The van der Waals surface area contributed by atoms with Crippen molar-refractivity contribution >= 4 is 0 Å². The third-order valence-corrected chi connectivity index (χ3v) is 3.45. The van der Waals surface area contributed by atoms with Gasteiger partial charge in [-0.1, -0.05) is 0 Å². The fraction of sp³-hybridized carbons (Fsp3) is 0.636. The molecule has 1 aromatic heterocycles. The largest absolute Gasteiger partial charge is 0.316 e. The summed E-state index contributed by atoms with van der Waals surface area (Å²) in [5.74, 6) is 2.66. The number of hydrogen-bond acceptors (Lipinski definition) is 4. The molecule has 0 amide bonds. The molecule has 3 heterocycles. The highest BCUT2D eigenvalue weighted by molar-refractivity contribution is 4.94. The average molecular weight is 204 g/mol. The molecule has 0 saturated carbocycles. The maximum atomic E-state index is 4.27. The zero-order chi connectivity index (χ0) is 10.1. The van der Waals surface area contributed by atoms with E-state index >= 15 is 0 Å². The monoisotopic (exact) mass is 204 g/mol. The highest BCUT2D eigenvalue weighted by Gasteiger charge is 2.35. The molecule has 2 aliphatic rings. The molecule has 2 unspecified atom stereocenters. The van der Waals surface area contributed by atoms with E-state index in [0.29, 0.717) is 0 Å². The minimum absolute atomic E-state index is 0.855. The van der Waals surface area contributed by atoms with Gasteiger partial charge < -0.3 is 5.32 Å². The Morgan fingerprint density at radius 1 is 1.20 bits per heavy atom. The number of aromatic nitrogens is 2. The molecule has 2 saturated heterocycles. The summed E-state index contributed by atoms with van der Waals surface area (Å²) in [4.78, 5) is 11.0. The number of hydrogen-bond donors (Lipinski definition) is 1. The normalized spacial score (nSPS) is 30.7. The van der Waals surface area contributed by atoms with E-state index in [4.69, 9.17) is 0 Å². The van der Waals surface area contributed by atoms with Gasteiger partial charge in [-0.25, -0.2) is 9.97 Å². The Labute approximate surface area is 89.7 Å². The summed E-state index contributed by atoms with van der Waals surface area (Å²) in [6.45, 7) is 5.70. The molecule has 1 N–H and O–H groups in total. The summed E-state index contributed by atoms with van der Waals surface area (Å²) in [5, 5.41) is 3.45. The number of fused-ring (bicyclic) bond motifs is 1. The van der Waals surface area contributed by atoms with Crippen LogP contribution in [0, 0.1) is 11.8 Å². The molecule has 15 heavy (non-hydrogen) atoms. The molecule has 0 radical (unpaired) electrons. The Morgan fingerprint density at radius 3 is 2.53 bits per heavy atom. The Bertz CT molecular complexity index is 315. The van der Waals surface area contributed by atoms with E-state index in [1.165, 1.54) is 26.2 Å². The van der Waals surface area contributed by atoms with Crippen LogP contribution in [0.1, 0.15) is 5.82 Å². The van der Waals surface area contributed by atoms with Gasteiger partial charge in [-0.05, 0) is 31.0 Å². The van der Waals surface area contributed by atoms with Gasteiger partial charge in [-0.2, -0.15) is 0 Å². The third kappa shape index (κ3) is 1.87. The molecule has 4 heteroatoms. The molecule has 0 aliphatic carbocycles. The summed E-state index contributed by atoms with van der Waals surface area (Å²) in [6, 6.07) is 1.87. The first-order valence-corrected chi connectivity index (χ1v) is 5.61. The zero-order valence-corrected chi connectivity index (χ0v) is 8.76. The van der Waals surface area contributed by atoms with Crippen LogP contribution in [0.4, 0.5) is 0 Å². The smallest absolute Gasteiger partial charge is 0.142 e. The molecule has 2 atom stereocenters. The Kier molecular flexibility index (Phi) is 2.38. The number of rotatable bonds is 2. The second kappa shape index (κ2) is 3.87. The van der Waals surface area contributed by atoms with Crippen molar-refractivity contribution in [2.24, 2.45) is 11.8 Å². The molecule has 0 bridgehead atoms. The molecule has 3 rings (SSSR count). The van der Waals surface area contributed by atoms with Gasteiger partial charge in [0.2, 0.25) is 0 Å². The van der Waals surface area contributed by atoms with Gasteiger partial charge in [0, 0.05) is 25.5 Å². The van der Waals surface area contributed by atoms with Gasteiger partial charge >= 0.3 is 0 Å². The number of nitrogens with one attached hydrogen (secondary N) is 1. The fourth-order valence-electron chi connectivity index (χ4n) is 2.69. The maximum Gasteiger partial charge on any atom is 0.142 e. The standard InChI is InChI=1S/C11H16N4/c1-2-13-11(14-3-1)8-15-6-9-4-12-5-10(9)7-15/h1-3,9-10,12H,4-8H2. The molecule has 4 nitrogen and oxygen atoms in total. The second-order valence-corrected chi connectivity index (χ2v) is 4.54. The molecular formula is C11H16N4. The van der Waals surface area contributed by atoms with Crippen LogP contribution in [-0.4, -0.2) is 41.0 Å². The van der Waals surface area contributed by atoms with Crippen LogP contribution in [0.25, 0.3) is 0 Å². The van der Waals surface area contributed by atoms with Crippen LogP contribution in [0.2, 0.25) is 0 Å². The topological polar surface area (TPSA) is 41.1 Å². The first-order chi connectivity index (χ1) is 7.42. The molecule has 80 valence electrons. The van der Waals surface area contributed by atoms with Gasteiger partial charge in [0.05, 0.1) is 6.54 Å². The van der Waals surface area contributed by atoms with Crippen molar-refractivity contribution < 1.29 is 0 Å². The van der Waals surface area contributed by atoms with Gasteiger partial charge in [0.1, 0.15) is 5.82 Å². The molecule has 2 fully saturated rings. The summed E-state index contributed by atoms with van der Waals surface area (Å²) in [5.41, 5.74) is 0. The lowest BCUT2D eigenvalue weighted by molar-refractivity contribution is 0.298. The molecule has 2 aliphatic heterocycles. The summed E-state index contributed by atoms with van der Waals surface area (Å²) in [7, 11) is 0. The van der Waals surface area contributed by atoms with E-state index in [9.17, 15) is 0 Å². The van der Waals surface area contributed by atoms with Crippen molar-refractivity contribution in [3.05, 3.63) is 24.3 Å². The van der Waals surface area contributed by atoms with Gasteiger partial charge in [-0.15, -0.1) is 0 Å². The zero-order valence-electron chi connectivity index (χ0n) is 8.76. The minimum Gasteiger partial charge on any atom is -0.316 e. The van der Waals surface area contributed by atoms with E-state index in [0.717, 1.165) is 24.2 Å². The summed E-state index contributed by atoms with van der Waals surface area (Å²) in [6.07, 6.45) is 3.64. The fourth-order valence-corrected chi connectivity index (χ4v) is 2.69. The summed E-state index contributed by atoms with van der Waals surface area (Å²) < 4.78 is 0. The van der Waals surface area contributed by atoms with Crippen molar-refractivity contribution in [1.29, 1.82) is 0 Å². The minimum atomic E-state index is 0.855. The SMILES string of the molecule is c1cnc(CN2CC3CNCC3C2)nc1. The quantitative estimate of drug-likeness (QED) is 0.743. The lowest BCUT2D eigenvalue weighted by atomic mass is 10.0. The predicted molar refractivity (Wildman–Crippen MR) is 57.2 cm³/mol. The van der Waals surface area contributed by atoms with E-state index in [1.54, 1.807) is 0 Å². The highest BCUT2D eigenvalue weighted by atomic mass is 15.2. The highest BCUT2D eigenvalue weighted by Crippen LogP contribution is 2.26. The Balaban J connectivity index is 1.62. The van der Waals surface area contributed by atoms with Crippen molar-refractivity contribution in [2.45, 2.75) is 6.54 Å². The van der Waals surface area contributed by atoms with Crippen molar-refractivity contribution in [1.82, 2.24) is 20.2 Å². The number of nitrogens with zero attached hydrogens (tertiary/aromatic N) is 3. The first-order valence-electron chi connectivity index (χ1n) is 5.61. The lowest BCUT2D eigenvalue weighted by Crippen LogP contribution is -2.26. The van der Waals surface area contributed by atoms with Gasteiger partial charge in [0.15, 0.2) is 0 Å². The molecule has 0 aromatic carbocycles. The van der Waals surface area contributed by atoms with Crippen molar-refractivity contribution in [2.75, 3.05) is 26.2 Å². The lowest BCUT2D eigenvalue weighted by Gasteiger charge is -2.15. The van der Waals surface area contributed by atoms with Crippen molar-refractivity contribution in [3.63, 3.8) is 0 Å². The Morgan fingerprint density at radius 2 is 1.87 bits per heavy atom. The van der Waals surface area contributed by atoms with Crippen LogP contribution in [0.5, 0.6) is 0 Å². The maximum absolute atomic E-state index is 4.27.